The first-order valence-corrected chi connectivity index (χ1v) is 7.65. The van der Waals surface area contributed by atoms with E-state index in [-0.39, 0.29) is 23.5 Å². The number of rotatable bonds is 10. The number of nitrogens with two attached hydrogens (primary N) is 1. The Bertz CT molecular complexity index is 606. The van der Waals surface area contributed by atoms with Crippen LogP contribution in [0.2, 0.25) is 0 Å². The molecule has 5 N–H and O–H groups in total. The quantitative estimate of drug-likeness (QED) is 0.220. The number of carbonyl (C=O) groups excluding carboxylic acids is 1. The molecule has 0 fully saturated rings. The van der Waals surface area contributed by atoms with Crippen LogP contribution in [-0.4, -0.2) is 34.5 Å². The molecule has 9 nitrogen and oxygen atoms in total. The summed E-state index contributed by atoms with van der Waals surface area (Å²) < 4.78 is 0. The molecule has 1 unspecified atom stereocenters. The number of carboxylic acids is 1. The van der Waals surface area contributed by atoms with Crippen molar-refractivity contribution in [3.63, 3.8) is 0 Å². The van der Waals surface area contributed by atoms with Gasteiger partial charge in [0.05, 0.1) is 11.3 Å². The molecule has 0 heterocycles. The third kappa shape index (κ3) is 6.21. The Balaban J connectivity index is 2.64. The first-order valence-electron chi connectivity index (χ1n) is 7.65. The second kappa shape index (κ2) is 9.46. The molecule has 1 aromatic carbocycles. The van der Waals surface area contributed by atoms with E-state index >= 15 is 0 Å². The smallest absolute Gasteiger partial charge is 0.321 e. The lowest BCUT2D eigenvalue weighted by atomic mass is 10.1. The molecule has 1 aromatic rings. The van der Waals surface area contributed by atoms with Gasteiger partial charge in [0.2, 0.25) is 5.91 Å². The highest BCUT2D eigenvalue weighted by molar-refractivity contribution is 5.94. The summed E-state index contributed by atoms with van der Waals surface area (Å²) >= 11 is 0. The molecule has 0 radical (unpaired) electrons. The summed E-state index contributed by atoms with van der Waals surface area (Å²) in [6.07, 6.45) is 2.53. The van der Waals surface area contributed by atoms with Crippen molar-refractivity contribution >= 4 is 28.9 Å². The van der Waals surface area contributed by atoms with E-state index in [4.69, 9.17) is 10.8 Å². The lowest BCUT2D eigenvalue weighted by Crippen LogP contribution is -2.40. The van der Waals surface area contributed by atoms with Crippen LogP contribution in [0.25, 0.3) is 0 Å². The number of nitro benzene ring substituents is 1. The van der Waals surface area contributed by atoms with Gasteiger partial charge in [0.15, 0.2) is 0 Å². The zero-order chi connectivity index (χ0) is 18.1. The van der Waals surface area contributed by atoms with Crippen LogP contribution in [0.15, 0.2) is 18.2 Å². The standard InChI is InChI=1S/C15H22N4O5/c1-2-3-4-7-17-12(15(21)22)9-14(20)18-10-5-6-11(16)13(8-10)19(23)24/h5-6,8,12,17H,2-4,7,9,16H2,1H3,(H,18,20)(H,21,22). The molecule has 0 saturated heterocycles. The highest BCUT2D eigenvalue weighted by atomic mass is 16.6. The van der Waals surface area contributed by atoms with Crippen molar-refractivity contribution in [1.29, 1.82) is 0 Å². The summed E-state index contributed by atoms with van der Waals surface area (Å²) in [5, 5.41) is 25.2. The Labute approximate surface area is 139 Å². The molecule has 0 aromatic heterocycles. The SMILES string of the molecule is CCCCCNC(CC(=O)Nc1ccc(N)c([N+](=O)[O-])c1)C(=O)O. The van der Waals surface area contributed by atoms with Crippen LogP contribution in [0.1, 0.15) is 32.6 Å². The van der Waals surface area contributed by atoms with Gasteiger partial charge < -0.3 is 21.5 Å². The Kier molecular flexibility index (Phi) is 7.63. The largest absolute Gasteiger partial charge is 0.480 e. The van der Waals surface area contributed by atoms with Gasteiger partial charge >= 0.3 is 5.97 Å². The molecule has 1 rings (SSSR count). The average molecular weight is 338 g/mol. The van der Waals surface area contributed by atoms with E-state index in [1.165, 1.54) is 12.1 Å². The first-order chi connectivity index (χ1) is 11.3. The first kappa shape index (κ1) is 19.4. The Morgan fingerprint density at radius 3 is 2.67 bits per heavy atom. The molecule has 0 aliphatic carbocycles. The van der Waals surface area contributed by atoms with E-state index in [0.29, 0.717) is 6.54 Å². The number of carbonyl (C=O) groups is 2. The number of hydrogen-bond donors (Lipinski definition) is 4. The number of hydrogen-bond acceptors (Lipinski definition) is 6. The number of unbranched alkanes of at least 4 members (excludes halogenated alkanes) is 2. The van der Waals surface area contributed by atoms with Crippen molar-refractivity contribution in [2.45, 2.75) is 38.6 Å². The average Bonchev–Trinajstić information content (AvgIpc) is 2.51. The number of nitro groups is 1. The van der Waals surface area contributed by atoms with Gasteiger partial charge in [-0.1, -0.05) is 19.8 Å². The minimum Gasteiger partial charge on any atom is -0.480 e. The normalized spacial score (nSPS) is 11.7. The summed E-state index contributed by atoms with van der Waals surface area (Å²) in [4.78, 5) is 33.3. The Morgan fingerprint density at radius 2 is 2.08 bits per heavy atom. The summed E-state index contributed by atoms with van der Waals surface area (Å²) in [6, 6.07) is 2.86. The van der Waals surface area contributed by atoms with Crippen molar-refractivity contribution in [3.8, 4) is 0 Å². The lowest BCUT2D eigenvalue weighted by molar-refractivity contribution is -0.383. The van der Waals surface area contributed by atoms with E-state index in [1.807, 2.05) is 6.92 Å². The molecule has 0 aliphatic rings. The van der Waals surface area contributed by atoms with Crippen molar-refractivity contribution in [2.75, 3.05) is 17.6 Å². The highest BCUT2D eigenvalue weighted by Crippen LogP contribution is 2.25. The lowest BCUT2D eigenvalue weighted by Gasteiger charge is -2.14. The molecule has 0 bridgehead atoms. The molecule has 0 saturated carbocycles. The minimum absolute atomic E-state index is 0.0148. The molecule has 1 amide bonds. The van der Waals surface area contributed by atoms with Gasteiger partial charge in [-0.25, -0.2) is 0 Å². The Morgan fingerprint density at radius 1 is 1.38 bits per heavy atom. The fourth-order valence-electron chi connectivity index (χ4n) is 2.08. The summed E-state index contributed by atoms with van der Waals surface area (Å²) in [5.74, 6) is -1.67. The second-order valence-electron chi connectivity index (χ2n) is 5.34. The second-order valence-corrected chi connectivity index (χ2v) is 5.34. The van der Waals surface area contributed by atoms with Gasteiger partial charge in [0.1, 0.15) is 11.7 Å². The maximum absolute atomic E-state index is 12.0. The number of nitrogens with one attached hydrogen (secondary N) is 2. The van der Waals surface area contributed by atoms with E-state index in [2.05, 4.69) is 10.6 Å². The van der Waals surface area contributed by atoms with Crippen LogP contribution < -0.4 is 16.4 Å². The van der Waals surface area contributed by atoms with Gasteiger partial charge in [0.25, 0.3) is 5.69 Å². The van der Waals surface area contributed by atoms with Gasteiger partial charge in [0, 0.05) is 11.8 Å². The summed E-state index contributed by atoms with van der Waals surface area (Å²) in [5.41, 5.74) is 5.34. The third-order valence-electron chi connectivity index (χ3n) is 3.37. The van der Waals surface area contributed by atoms with Crippen LogP contribution in [0, 0.1) is 10.1 Å². The topological polar surface area (TPSA) is 148 Å². The third-order valence-corrected chi connectivity index (χ3v) is 3.37. The fourth-order valence-corrected chi connectivity index (χ4v) is 2.08. The predicted octanol–water partition coefficient (Wildman–Crippen LogP) is 1.74. The van der Waals surface area contributed by atoms with Gasteiger partial charge in [-0.2, -0.15) is 0 Å². The summed E-state index contributed by atoms with van der Waals surface area (Å²) in [6.45, 7) is 2.54. The van der Waals surface area contributed by atoms with Crippen molar-refractivity contribution in [3.05, 3.63) is 28.3 Å². The number of nitrogens with zero attached hydrogens (tertiary/aromatic N) is 1. The van der Waals surface area contributed by atoms with Crippen LogP contribution in [-0.2, 0) is 9.59 Å². The van der Waals surface area contributed by atoms with Crippen molar-refractivity contribution in [1.82, 2.24) is 5.32 Å². The number of amides is 1. The van der Waals surface area contributed by atoms with Crippen molar-refractivity contribution < 1.29 is 19.6 Å². The number of benzene rings is 1. The van der Waals surface area contributed by atoms with Crippen LogP contribution in [0.3, 0.4) is 0 Å². The number of nitrogen functional groups attached to an aromatic ring is 1. The minimum atomic E-state index is -1.12. The van der Waals surface area contributed by atoms with Crippen molar-refractivity contribution in [2.24, 2.45) is 0 Å². The molecule has 132 valence electrons. The van der Waals surface area contributed by atoms with Crippen LogP contribution >= 0.6 is 0 Å². The maximum Gasteiger partial charge on any atom is 0.321 e. The van der Waals surface area contributed by atoms with Gasteiger partial charge in [-0.15, -0.1) is 0 Å². The van der Waals surface area contributed by atoms with Gasteiger partial charge in [-0.3, -0.25) is 19.7 Å². The zero-order valence-corrected chi connectivity index (χ0v) is 13.4. The molecule has 0 spiro atoms. The number of aliphatic carboxylic acids is 1. The van der Waals surface area contributed by atoms with E-state index in [1.54, 1.807) is 0 Å². The maximum atomic E-state index is 12.0. The zero-order valence-electron chi connectivity index (χ0n) is 13.4. The van der Waals surface area contributed by atoms with E-state index in [0.717, 1.165) is 25.3 Å². The fraction of sp³-hybridized carbons (Fsp3) is 0.467. The molecule has 24 heavy (non-hydrogen) atoms. The number of anilines is 2. The molecule has 0 aliphatic heterocycles. The van der Waals surface area contributed by atoms with Crippen LogP contribution in [0.4, 0.5) is 17.1 Å². The predicted molar refractivity (Wildman–Crippen MR) is 89.7 cm³/mol. The van der Waals surface area contributed by atoms with Gasteiger partial charge in [-0.05, 0) is 25.1 Å². The molecular weight excluding hydrogens is 316 g/mol. The Hall–Kier alpha value is -2.68. The van der Waals surface area contributed by atoms with Crippen LogP contribution in [0.5, 0.6) is 0 Å². The summed E-state index contributed by atoms with van der Waals surface area (Å²) in [7, 11) is 0. The molecular formula is C15H22N4O5. The van der Waals surface area contributed by atoms with E-state index < -0.39 is 22.8 Å². The molecule has 9 heteroatoms. The number of carboxylic acid groups (broad SMARTS) is 1. The van der Waals surface area contributed by atoms with E-state index in [9.17, 15) is 19.7 Å². The monoisotopic (exact) mass is 338 g/mol. The highest BCUT2D eigenvalue weighted by Gasteiger charge is 2.21. The molecule has 1 atom stereocenters.